The normalized spacial score (nSPS) is 11.1. The third-order valence-corrected chi connectivity index (χ3v) is 8.19. The summed E-state index contributed by atoms with van der Waals surface area (Å²) in [6, 6.07) is 21.0. The van der Waals surface area contributed by atoms with Gasteiger partial charge in [-0.15, -0.1) is 0 Å². The van der Waals surface area contributed by atoms with E-state index in [0.29, 0.717) is 0 Å². The van der Waals surface area contributed by atoms with Crippen LogP contribution >= 0.6 is 11.8 Å². The minimum atomic E-state index is 0.124. The topological polar surface area (TPSA) is 61.0 Å². The van der Waals surface area contributed by atoms with E-state index >= 15 is 0 Å². The molecule has 6 heteroatoms. The van der Waals surface area contributed by atoms with Crippen LogP contribution in [0, 0.1) is 0 Å². The van der Waals surface area contributed by atoms with Crippen LogP contribution in [0.25, 0.3) is 22.5 Å². The molecule has 2 amide bonds. The SMILES string of the molecule is CCCCCCCN(CCCCCSc1nc(-c2ccccc2)c(-c2ccccc2)[nH]1)C(=O)NCCCCCC. The molecule has 0 aliphatic heterocycles. The molecule has 0 atom stereocenters. The molecule has 0 saturated carbocycles. The molecule has 218 valence electrons. The number of nitrogens with zero attached hydrogens (tertiary/aromatic N) is 2. The van der Waals surface area contributed by atoms with E-state index in [1.165, 1.54) is 44.9 Å². The van der Waals surface area contributed by atoms with Gasteiger partial charge in [0.2, 0.25) is 0 Å². The summed E-state index contributed by atoms with van der Waals surface area (Å²) in [6.45, 7) is 6.97. The van der Waals surface area contributed by atoms with E-state index in [1.54, 1.807) is 11.8 Å². The van der Waals surface area contributed by atoms with Crippen molar-refractivity contribution in [3.8, 4) is 22.5 Å². The Balaban J connectivity index is 1.46. The van der Waals surface area contributed by atoms with Crippen molar-refractivity contribution in [3.05, 3.63) is 60.7 Å². The highest BCUT2D eigenvalue weighted by Gasteiger charge is 2.15. The molecule has 2 aromatic carbocycles. The minimum Gasteiger partial charge on any atom is -0.338 e. The summed E-state index contributed by atoms with van der Waals surface area (Å²) in [4.78, 5) is 23.5. The molecule has 0 unspecified atom stereocenters. The van der Waals surface area contributed by atoms with Gasteiger partial charge in [0.25, 0.3) is 0 Å². The van der Waals surface area contributed by atoms with Gasteiger partial charge in [-0.3, -0.25) is 0 Å². The molecule has 5 nitrogen and oxygen atoms in total. The van der Waals surface area contributed by atoms with Gasteiger partial charge in [-0.1, -0.05) is 138 Å². The lowest BCUT2D eigenvalue weighted by atomic mass is 10.1. The maximum atomic E-state index is 12.9. The summed E-state index contributed by atoms with van der Waals surface area (Å²) in [5, 5.41) is 4.14. The Kier molecular flexibility index (Phi) is 15.4. The van der Waals surface area contributed by atoms with Crippen molar-refractivity contribution in [1.29, 1.82) is 0 Å². The Morgan fingerprint density at radius 2 is 1.32 bits per heavy atom. The molecule has 0 fully saturated rings. The fourth-order valence-corrected chi connectivity index (χ4v) is 5.74. The number of hydrogen-bond acceptors (Lipinski definition) is 3. The first kappa shape index (κ1) is 31.8. The maximum Gasteiger partial charge on any atom is 0.317 e. The fourth-order valence-electron chi connectivity index (χ4n) is 4.87. The molecule has 0 aliphatic rings. The minimum absolute atomic E-state index is 0.124. The van der Waals surface area contributed by atoms with Crippen molar-refractivity contribution >= 4 is 17.8 Å². The number of aromatic nitrogens is 2. The van der Waals surface area contributed by atoms with Gasteiger partial charge in [-0.05, 0) is 25.7 Å². The van der Waals surface area contributed by atoms with Crippen LogP contribution in [0.1, 0.15) is 90.9 Å². The molecule has 0 bridgehead atoms. The number of aromatic amines is 1. The van der Waals surface area contributed by atoms with E-state index in [1.807, 2.05) is 12.1 Å². The molecular weight excluding hydrogens is 512 g/mol. The highest BCUT2D eigenvalue weighted by Crippen LogP contribution is 2.32. The Bertz CT molecular complexity index is 1010. The molecule has 1 heterocycles. The van der Waals surface area contributed by atoms with Gasteiger partial charge in [-0.2, -0.15) is 0 Å². The summed E-state index contributed by atoms with van der Waals surface area (Å²) in [5.41, 5.74) is 4.36. The molecule has 3 aromatic rings. The molecule has 0 spiro atoms. The largest absolute Gasteiger partial charge is 0.338 e. The van der Waals surface area contributed by atoms with Gasteiger partial charge in [0, 0.05) is 36.5 Å². The monoisotopic (exact) mass is 562 g/mol. The predicted molar refractivity (Wildman–Crippen MR) is 172 cm³/mol. The standard InChI is InChI=1S/C34H50N4OS/c1-3-5-7-9-18-26-38(34(39)35-25-17-8-6-4-2)27-19-12-20-28-40-33-36-31(29-21-13-10-14-22-29)32(37-33)30-23-15-11-16-24-30/h10-11,13-16,21-24H,3-9,12,17-20,25-28H2,1-2H3,(H,35,39)(H,36,37). The summed E-state index contributed by atoms with van der Waals surface area (Å²) in [6.07, 6.45) is 14.1. The van der Waals surface area contributed by atoms with E-state index in [9.17, 15) is 4.79 Å². The first-order valence-corrected chi connectivity index (χ1v) is 16.6. The number of rotatable bonds is 20. The third kappa shape index (κ3) is 11.4. The van der Waals surface area contributed by atoms with E-state index in [-0.39, 0.29) is 6.03 Å². The number of imidazole rings is 1. The second kappa shape index (κ2) is 19.4. The van der Waals surface area contributed by atoms with E-state index < -0.39 is 0 Å². The first-order chi connectivity index (χ1) is 19.7. The second-order valence-electron chi connectivity index (χ2n) is 10.6. The molecule has 0 saturated heterocycles. The molecule has 1 aromatic heterocycles. The third-order valence-electron chi connectivity index (χ3n) is 7.23. The first-order valence-electron chi connectivity index (χ1n) is 15.6. The zero-order valence-electron chi connectivity index (χ0n) is 24.8. The van der Waals surface area contributed by atoms with Gasteiger partial charge in [0.1, 0.15) is 0 Å². The molecule has 40 heavy (non-hydrogen) atoms. The highest BCUT2D eigenvalue weighted by molar-refractivity contribution is 7.99. The van der Waals surface area contributed by atoms with Crippen LogP contribution < -0.4 is 5.32 Å². The van der Waals surface area contributed by atoms with E-state index in [0.717, 1.165) is 85.2 Å². The quantitative estimate of drug-likeness (QED) is 0.106. The number of amides is 2. The van der Waals surface area contributed by atoms with Crippen LogP contribution in [-0.2, 0) is 0 Å². The molecular formula is C34H50N4OS. The second-order valence-corrected chi connectivity index (χ2v) is 11.7. The predicted octanol–water partition coefficient (Wildman–Crippen LogP) is 9.57. The van der Waals surface area contributed by atoms with Crippen molar-refractivity contribution in [2.75, 3.05) is 25.4 Å². The zero-order chi connectivity index (χ0) is 28.3. The number of H-pyrrole nitrogens is 1. The lowest BCUT2D eigenvalue weighted by Crippen LogP contribution is -2.41. The Morgan fingerprint density at radius 3 is 1.98 bits per heavy atom. The number of benzene rings is 2. The molecule has 0 radical (unpaired) electrons. The number of unbranched alkanes of at least 4 members (excludes halogenated alkanes) is 9. The van der Waals surface area contributed by atoms with Crippen LogP contribution in [0.15, 0.2) is 65.8 Å². The van der Waals surface area contributed by atoms with Gasteiger partial charge in [-0.25, -0.2) is 9.78 Å². The van der Waals surface area contributed by atoms with Gasteiger partial charge < -0.3 is 15.2 Å². The number of nitrogens with one attached hydrogen (secondary N) is 2. The number of carbonyl (C=O) groups is 1. The summed E-state index contributed by atoms with van der Waals surface area (Å²) >= 11 is 1.79. The van der Waals surface area contributed by atoms with E-state index in [2.05, 4.69) is 77.6 Å². The van der Waals surface area contributed by atoms with Crippen LogP contribution in [0.5, 0.6) is 0 Å². The Labute approximate surface area is 247 Å². The zero-order valence-corrected chi connectivity index (χ0v) is 25.6. The number of hydrogen-bond donors (Lipinski definition) is 2. The van der Waals surface area contributed by atoms with Crippen LogP contribution in [0.2, 0.25) is 0 Å². The molecule has 0 aliphatic carbocycles. The van der Waals surface area contributed by atoms with Crippen molar-refractivity contribution < 1.29 is 4.79 Å². The summed E-state index contributed by atoms with van der Waals surface area (Å²) in [7, 11) is 0. The van der Waals surface area contributed by atoms with Crippen LogP contribution in [0.3, 0.4) is 0 Å². The van der Waals surface area contributed by atoms with Crippen molar-refractivity contribution in [2.24, 2.45) is 0 Å². The summed E-state index contributed by atoms with van der Waals surface area (Å²) in [5.74, 6) is 1.01. The Hall–Kier alpha value is -2.73. The fraction of sp³-hybridized carbons (Fsp3) is 0.529. The van der Waals surface area contributed by atoms with Crippen LogP contribution in [-0.4, -0.2) is 46.3 Å². The highest BCUT2D eigenvalue weighted by atomic mass is 32.2. The van der Waals surface area contributed by atoms with Crippen LogP contribution in [0.4, 0.5) is 4.79 Å². The lowest BCUT2D eigenvalue weighted by molar-refractivity contribution is 0.195. The van der Waals surface area contributed by atoms with Crippen molar-refractivity contribution in [2.45, 2.75) is 96.1 Å². The molecule has 3 rings (SSSR count). The smallest absolute Gasteiger partial charge is 0.317 e. The number of urea groups is 1. The van der Waals surface area contributed by atoms with Gasteiger partial charge in [0.15, 0.2) is 5.16 Å². The summed E-state index contributed by atoms with van der Waals surface area (Å²) < 4.78 is 0. The Morgan fingerprint density at radius 1 is 0.750 bits per heavy atom. The number of thioether (sulfide) groups is 1. The average Bonchev–Trinajstić information content (AvgIpc) is 3.42. The number of carbonyl (C=O) groups excluding carboxylic acids is 1. The van der Waals surface area contributed by atoms with Crippen molar-refractivity contribution in [1.82, 2.24) is 20.2 Å². The maximum absolute atomic E-state index is 12.9. The average molecular weight is 563 g/mol. The molecule has 2 N–H and O–H groups in total. The van der Waals surface area contributed by atoms with Gasteiger partial charge >= 0.3 is 6.03 Å². The van der Waals surface area contributed by atoms with E-state index in [4.69, 9.17) is 4.98 Å². The van der Waals surface area contributed by atoms with Crippen molar-refractivity contribution in [3.63, 3.8) is 0 Å². The lowest BCUT2D eigenvalue weighted by Gasteiger charge is -2.23. The van der Waals surface area contributed by atoms with Gasteiger partial charge in [0.05, 0.1) is 11.4 Å².